The number of hydrogen-bond donors (Lipinski definition) is 1. The van der Waals surface area contributed by atoms with Crippen molar-refractivity contribution >= 4 is 40.8 Å². The van der Waals surface area contributed by atoms with Gasteiger partial charge < -0.3 is 5.32 Å². The summed E-state index contributed by atoms with van der Waals surface area (Å²) in [6.45, 7) is 7.84. The van der Waals surface area contributed by atoms with E-state index in [1.807, 2.05) is 44.2 Å². The number of hydrogen-bond acceptors (Lipinski definition) is 6. The standard InChI is InChI=1S/C16H19N3OS3/c1-11(2)9-21-15-18-19-16(23-15)22-10-14(20)17-12(3)13-7-5-4-6-8-13/h4-8,12H,1,9-10H2,2-3H3,(H,17,20)/t12-/m1/s1. The van der Waals surface area contributed by atoms with Gasteiger partial charge in [0.25, 0.3) is 0 Å². The summed E-state index contributed by atoms with van der Waals surface area (Å²) < 4.78 is 1.73. The molecule has 0 aliphatic rings. The lowest BCUT2D eigenvalue weighted by atomic mass is 10.1. The van der Waals surface area contributed by atoms with E-state index in [9.17, 15) is 4.79 Å². The van der Waals surface area contributed by atoms with Crippen molar-refractivity contribution in [3.63, 3.8) is 0 Å². The van der Waals surface area contributed by atoms with Crippen molar-refractivity contribution in [2.75, 3.05) is 11.5 Å². The number of thioether (sulfide) groups is 2. The van der Waals surface area contributed by atoms with Crippen LogP contribution in [0.4, 0.5) is 0 Å². The van der Waals surface area contributed by atoms with Crippen molar-refractivity contribution in [2.24, 2.45) is 0 Å². The second-order valence-electron chi connectivity index (χ2n) is 5.07. The lowest BCUT2D eigenvalue weighted by Gasteiger charge is -2.13. The second-order valence-corrected chi connectivity index (χ2v) is 8.49. The van der Waals surface area contributed by atoms with E-state index < -0.39 is 0 Å². The molecule has 1 atom stereocenters. The summed E-state index contributed by atoms with van der Waals surface area (Å²) in [5.74, 6) is 1.18. The van der Waals surface area contributed by atoms with Gasteiger partial charge in [-0.05, 0) is 19.4 Å². The molecule has 0 fully saturated rings. The van der Waals surface area contributed by atoms with Gasteiger partial charge in [0.05, 0.1) is 11.8 Å². The maximum absolute atomic E-state index is 12.0. The Morgan fingerprint density at radius 2 is 1.83 bits per heavy atom. The molecule has 0 aliphatic carbocycles. The fourth-order valence-corrected chi connectivity index (χ4v) is 4.41. The van der Waals surface area contributed by atoms with Gasteiger partial charge in [0.1, 0.15) is 0 Å². The molecule has 4 nitrogen and oxygen atoms in total. The highest BCUT2D eigenvalue weighted by atomic mass is 32.2. The molecule has 1 amide bonds. The Kier molecular flexibility index (Phi) is 7.14. The third-order valence-electron chi connectivity index (χ3n) is 2.83. The Morgan fingerprint density at radius 3 is 2.43 bits per heavy atom. The molecule has 0 spiro atoms. The van der Waals surface area contributed by atoms with E-state index in [1.54, 1.807) is 11.8 Å². The first kappa shape index (κ1) is 18.0. The first-order valence-corrected chi connectivity index (χ1v) is 9.91. The summed E-state index contributed by atoms with van der Waals surface area (Å²) >= 11 is 4.56. The van der Waals surface area contributed by atoms with Gasteiger partial charge in [0.15, 0.2) is 8.68 Å². The van der Waals surface area contributed by atoms with Crippen LogP contribution < -0.4 is 5.32 Å². The molecule has 1 aromatic carbocycles. The predicted molar refractivity (Wildman–Crippen MR) is 99.2 cm³/mol. The fourth-order valence-electron chi connectivity index (χ4n) is 1.73. The number of rotatable bonds is 8. The number of carbonyl (C=O) groups is 1. The lowest BCUT2D eigenvalue weighted by molar-refractivity contribution is -0.119. The van der Waals surface area contributed by atoms with Crippen molar-refractivity contribution in [2.45, 2.75) is 28.6 Å². The summed E-state index contributed by atoms with van der Waals surface area (Å²) in [6, 6.07) is 9.92. The third kappa shape index (κ3) is 6.37. The van der Waals surface area contributed by atoms with Crippen LogP contribution in [0, 0.1) is 0 Å². The van der Waals surface area contributed by atoms with Crippen LogP contribution >= 0.6 is 34.9 Å². The number of aromatic nitrogens is 2. The summed E-state index contributed by atoms with van der Waals surface area (Å²) in [5, 5.41) is 11.2. The fraction of sp³-hybridized carbons (Fsp3) is 0.312. The van der Waals surface area contributed by atoms with Crippen molar-refractivity contribution in [3.8, 4) is 0 Å². The van der Waals surface area contributed by atoms with E-state index in [0.29, 0.717) is 5.75 Å². The minimum atomic E-state index is -0.00214. The number of nitrogens with zero attached hydrogens (tertiary/aromatic N) is 2. The monoisotopic (exact) mass is 365 g/mol. The molecule has 0 saturated carbocycles. The van der Waals surface area contributed by atoms with Gasteiger partial charge in [0.2, 0.25) is 5.91 Å². The zero-order chi connectivity index (χ0) is 16.7. The van der Waals surface area contributed by atoms with Crippen LogP contribution in [-0.2, 0) is 4.79 Å². The highest BCUT2D eigenvalue weighted by molar-refractivity contribution is 8.03. The van der Waals surface area contributed by atoms with Crippen LogP contribution in [0.15, 0.2) is 51.2 Å². The average Bonchev–Trinajstić information content (AvgIpc) is 3.00. The zero-order valence-corrected chi connectivity index (χ0v) is 15.6. The topological polar surface area (TPSA) is 54.9 Å². The molecule has 1 heterocycles. The molecular formula is C16H19N3OS3. The first-order valence-electron chi connectivity index (χ1n) is 7.12. The van der Waals surface area contributed by atoms with Gasteiger partial charge in [-0.3, -0.25) is 4.79 Å². The third-order valence-corrected chi connectivity index (χ3v) is 6.25. The Labute approximate surface area is 149 Å². The van der Waals surface area contributed by atoms with E-state index in [2.05, 4.69) is 22.1 Å². The molecule has 0 radical (unpaired) electrons. The SMILES string of the molecule is C=C(C)CSc1nnc(SCC(=O)N[C@H](C)c2ccccc2)s1. The van der Waals surface area contributed by atoms with E-state index in [4.69, 9.17) is 0 Å². The van der Waals surface area contributed by atoms with Crippen LogP contribution in [0.2, 0.25) is 0 Å². The Morgan fingerprint density at radius 1 is 1.22 bits per heavy atom. The summed E-state index contributed by atoms with van der Waals surface area (Å²) in [4.78, 5) is 12.0. The van der Waals surface area contributed by atoms with Crippen molar-refractivity contribution in [3.05, 3.63) is 48.0 Å². The summed E-state index contributed by atoms with van der Waals surface area (Å²) in [5.41, 5.74) is 2.20. The number of benzene rings is 1. The molecule has 1 N–H and O–H groups in total. The largest absolute Gasteiger partial charge is 0.349 e. The normalized spacial score (nSPS) is 11.9. The number of nitrogens with one attached hydrogen (secondary N) is 1. The molecule has 23 heavy (non-hydrogen) atoms. The van der Waals surface area contributed by atoms with Gasteiger partial charge >= 0.3 is 0 Å². The van der Waals surface area contributed by atoms with Crippen molar-refractivity contribution in [1.29, 1.82) is 0 Å². The molecular weight excluding hydrogens is 346 g/mol. The van der Waals surface area contributed by atoms with Gasteiger partial charge in [-0.2, -0.15) is 0 Å². The molecule has 2 rings (SSSR count). The van der Waals surface area contributed by atoms with Crippen LogP contribution in [0.5, 0.6) is 0 Å². The number of amides is 1. The van der Waals surface area contributed by atoms with Gasteiger partial charge in [-0.25, -0.2) is 0 Å². The first-order chi connectivity index (χ1) is 11.0. The molecule has 0 bridgehead atoms. The maximum atomic E-state index is 12.0. The minimum absolute atomic E-state index is 0.000373. The van der Waals surface area contributed by atoms with Crippen LogP contribution in [0.25, 0.3) is 0 Å². The van der Waals surface area contributed by atoms with Crippen LogP contribution in [0.3, 0.4) is 0 Å². The Bertz CT molecular complexity index is 658. The molecule has 122 valence electrons. The minimum Gasteiger partial charge on any atom is -0.349 e. The zero-order valence-electron chi connectivity index (χ0n) is 13.1. The average molecular weight is 366 g/mol. The molecule has 7 heteroatoms. The summed E-state index contributed by atoms with van der Waals surface area (Å²) in [6.07, 6.45) is 0. The molecule has 2 aromatic rings. The lowest BCUT2D eigenvalue weighted by Crippen LogP contribution is -2.28. The molecule has 1 aromatic heterocycles. The molecule has 0 unspecified atom stereocenters. The van der Waals surface area contributed by atoms with Gasteiger partial charge in [-0.15, -0.1) is 10.2 Å². The molecule has 0 saturated heterocycles. The van der Waals surface area contributed by atoms with E-state index in [-0.39, 0.29) is 11.9 Å². The Balaban J connectivity index is 1.77. The highest BCUT2D eigenvalue weighted by Gasteiger charge is 2.11. The smallest absolute Gasteiger partial charge is 0.230 e. The quantitative estimate of drug-likeness (QED) is 0.562. The number of carbonyl (C=O) groups excluding carboxylic acids is 1. The van der Waals surface area contributed by atoms with Gasteiger partial charge in [0, 0.05) is 5.75 Å². The van der Waals surface area contributed by atoms with Crippen LogP contribution in [-0.4, -0.2) is 27.6 Å². The van der Waals surface area contributed by atoms with E-state index in [0.717, 1.165) is 25.6 Å². The van der Waals surface area contributed by atoms with Crippen molar-refractivity contribution < 1.29 is 4.79 Å². The van der Waals surface area contributed by atoms with E-state index in [1.165, 1.54) is 23.1 Å². The highest BCUT2D eigenvalue weighted by Crippen LogP contribution is 2.29. The van der Waals surface area contributed by atoms with Crippen LogP contribution in [0.1, 0.15) is 25.5 Å². The Hall–Kier alpha value is -1.31. The molecule has 0 aliphatic heterocycles. The summed E-state index contributed by atoms with van der Waals surface area (Å²) in [7, 11) is 0. The second kappa shape index (κ2) is 9.10. The maximum Gasteiger partial charge on any atom is 0.230 e. The van der Waals surface area contributed by atoms with E-state index >= 15 is 0 Å². The predicted octanol–water partition coefficient (Wildman–Crippen LogP) is 4.18. The van der Waals surface area contributed by atoms with Gasteiger partial charge in [-0.1, -0.05) is 77.3 Å². The van der Waals surface area contributed by atoms with Crippen molar-refractivity contribution in [1.82, 2.24) is 15.5 Å².